The fourth-order valence-electron chi connectivity index (χ4n) is 0.333. The van der Waals surface area contributed by atoms with Gasteiger partial charge in [0.2, 0.25) is 0 Å². The highest BCUT2D eigenvalue weighted by Crippen LogP contribution is 2.14. The minimum absolute atomic E-state index is 0.991. The lowest BCUT2D eigenvalue weighted by molar-refractivity contribution is 0.708. The molecule has 1 aliphatic heterocycles. The van der Waals surface area contributed by atoms with E-state index in [1.807, 2.05) is 9.71 Å². The summed E-state index contributed by atoms with van der Waals surface area (Å²) >= 11 is 1.64. The van der Waals surface area contributed by atoms with E-state index in [0.29, 0.717) is 0 Å². The van der Waals surface area contributed by atoms with Crippen LogP contribution in [0.5, 0.6) is 0 Å². The quantitative estimate of drug-likeness (QED) is 0.421. The smallest absolute Gasteiger partial charge is 0.0282 e. The van der Waals surface area contributed by atoms with Gasteiger partial charge in [0, 0.05) is 13.6 Å². The van der Waals surface area contributed by atoms with Crippen LogP contribution in [-0.2, 0) is 0 Å². The van der Waals surface area contributed by atoms with Gasteiger partial charge in [0.25, 0.3) is 0 Å². The third-order valence-corrected chi connectivity index (χ3v) is 1.38. The molecule has 0 fully saturated rings. The van der Waals surface area contributed by atoms with E-state index in [1.54, 1.807) is 11.9 Å². The molecule has 1 aliphatic rings. The van der Waals surface area contributed by atoms with Gasteiger partial charge in [0.05, 0.1) is 0 Å². The van der Waals surface area contributed by atoms with Gasteiger partial charge in [0.1, 0.15) is 0 Å². The maximum atomic E-state index is 3.67. The average Bonchev–Trinajstić information content (AvgIpc) is 1.86. The molecule has 6 heavy (non-hydrogen) atoms. The monoisotopic (exact) mass is 100 g/mol. The second-order valence-corrected chi connectivity index (χ2v) is 2.14. The normalized spacial score (nSPS) is 22.8. The van der Waals surface area contributed by atoms with Crippen molar-refractivity contribution < 1.29 is 0 Å². The van der Waals surface area contributed by atoms with Gasteiger partial charge in [-0.15, -0.1) is 0 Å². The van der Waals surface area contributed by atoms with E-state index in [9.17, 15) is 0 Å². The standard InChI is InChI=1S/C4H6NS/c1-5-3-2-4-6-5/h2,4H,1,3H2. The molecule has 0 aromatic carbocycles. The first kappa shape index (κ1) is 4.22. The molecule has 0 saturated carbocycles. The van der Waals surface area contributed by atoms with Gasteiger partial charge in [-0.25, -0.2) is 4.31 Å². The molecule has 0 aromatic rings. The first-order valence-corrected chi connectivity index (χ1v) is 2.63. The zero-order valence-corrected chi connectivity index (χ0v) is 4.24. The Labute approximate surface area is 42.2 Å². The molecule has 0 bridgehead atoms. The van der Waals surface area contributed by atoms with Gasteiger partial charge in [-0.05, 0) is 5.41 Å². The second-order valence-electron chi connectivity index (χ2n) is 1.14. The summed E-state index contributed by atoms with van der Waals surface area (Å²) in [4.78, 5) is 0. The van der Waals surface area contributed by atoms with Crippen molar-refractivity contribution >= 4 is 11.9 Å². The number of hydrogen-bond acceptors (Lipinski definition) is 2. The Morgan fingerprint density at radius 3 is 2.83 bits per heavy atom. The van der Waals surface area contributed by atoms with Crippen molar-refractivity contribution in [1.82, 2.24) is 4.31 Å². The molecule has 0 atom stereocenters. The highest BCUT2D eigenvalue weighted by molar-refractivity contribution is 8.00. The van der Waals surface area contributed by atoms with Crippen LogP contribution in [-0.4, -0.2) is 10.8 Å². The molecule has 0 amide bonds. The second kappa shape index (κ2) is 1.67. The van der Waals surface area contributed by atoms with Crippen molar-refractivity contribution in [3.8, 4) is 0 Å². The molecular formula is C4H6NS. The Morgan fingerprint density at radius 1 is 1.83 bits per heavy atom. The van der Waals surface area contributed by atoms with E-state index in [-0.39, 0.29) is 0 Å². The van der Waals surface area contributed by atoms with Crippen LogP contribution in [0.3, 0.4) is 0 Å². The summed E-state index contributed by atoms with van der Waals surface area (Å²) in [5.74, 6) is 0. The van der Waals surface area contributed by atoms with Crippen LogP contribution >= 0.6 is 11.9 Å². The van der Waals surface area contributed by atoms with E-state index in [2.05, 4.69) is 13.1 Å². The fourth-order valence-corrected chi connectivity index (χ4v) is 0.849. The van der Waals surface area contributed by atoms with Crippen molar-refractivity contribution in [3.63, 3.8) is 0 Å². The Kier molecular flexibility index (Phi) is 1.17. The molecule has 0 spiro atoms. The molecule has 33 valence electrons. The Morgan fingerprint density at radius 2 is 2.67 bits per heavy atom. The largest absolute Gasteiger partial charge is 0.242 e. The lowest BCUT2D eigenvalue weighted by Crippen LogP contribution is -1.97. The number of hydrogen-bond donors (Lipinski definition) is 0. The van der Waals surface area contributed by atoms with Gasteiger partial charge in [-0.2, -0.15) is 0 Å². The average molecular weight is 100 g/mol. The van der Waals surface area contributed by atoms with Crippen LogP contribution in [0.4, 0.5) is 0 Å². The van der Waals surface area contributed by atoms with E-state index in [4.69, 9.17) is 0 Å². The van der Waals surface area contributed by atoms with Crippen molar-refractivity contribution in [2.24, 2.45) is 0 Å². The predicted molar refractivity (Wildman–Crippen MR) is 28.8 cm³/mol. The first-order chi connectivity index (χ1) is 2.89. The van der Waals surface area contributed by atoms with E-state index < -0.39 is 0 Å². The van der Waals surface area contributed by atoms with Crippen LogP contribution < -0.4 is 0 Å². The predicted octanol–water partition coefficient (Wildman–Crippen LogP) is 1.26. The maximum Gasteiger partial charge on any atom is 0.0282 e. The zero-order valence-electron chi connectivity index (χ0n) is 3.42. The first-order valence-electron chi connectivity index (χ1n) is 1.79. The summed E-state index contributed by atoms with van der Waals surface area (Å²) in [5, 5.41) is 2.03. The number of nitrogens with zero attached hydrogens (tertiary/aromatic N) is 1. The molecule has 0 unspecified atom stereocenters. The van der Waals surface area contributed by atoms with Crippen molar-refractivity contribution in [3.05, 3.63) is 18.5 Å². The summed E-state index contributed by atoms with van der Waals surface area (Å²) in [5.41, 5.74) is 0. The summed E-state index contributed by atoms with van der Waals surface area (Å²) in [6.07, 6.45) is 2.08. The van der Waals surface area contributed by atoms with E-state index in [1.165, 1.54) is 0 Å². The van der Waals surface area contributed by atoms with E-state index in [0.717, 1.165) is 6.54 Å². The van der Waals surface area contributed by atoms with Crippen LogP contribution in [0.1, 0.15) is 0 Å². The summed E-state index contributed by atoms with van der Waals surface area (Å²) < 4.78 is 1.92. The lowest BCUT2D eigenvalue weighted by atomic mass is 10.6. The fraction of sp³-hybridized carbons (Fsp3) is 0.250. The highest BCUT2D eigenvalue weighted by Gasteiger charge is 1.96. The number of rotatable bonds is 0. The SMILES string of the molecule is [CH2]N1CC=CS1. The third-order valence-electron chi connectivity index (χ3n) is 0.615. The Bertz CT molecular complexity index is 61.9. The Balaban J connectivity index is 2.32. The van der Waals surface area contributed by atoms with E-state index >= 15 is 0 Å². The topological polar surface area (TPSA) is 3.24 Å². The molecule has 2 heteroatoms. The molecule has 1 nitrogen and oxygen atoms in total. The molecule has 1 radical (unpaired) electrons. The van der Waals surface area contributed by atoms with Crippen LogP contribution in [0.25, 0.3) is 0 Å². The summed E-state index contributed by atoms with van der Waals surface area (Å²) in [6, 6.07) is 0. The minimum atomic E-state index is 0.991. The zero-order chi connectivity index (χ0) is 4.41. The van der Waals surface area contributed by atoms with Gasteiger partial charge in [0.15, 0.2) is 0 Å². The maximum absolute atomic E-state index is 3.67. The van der Waals surface area contributed by atoms with Gasteiger partial charge in [-0.3, -0.25) is 0 Å². The molecule has 0 saturated heterocycles. The molecule has 0 N–H and O–H groups in total. The molecule has 1 rings (SSSR count). The third kappa shape index (κ3) is 0.758. The summed E-state index contributed by atoms with van der Waals surface area (Å²) in [7, 11) is 3.67. The minimum Gasteiger partial charge on any atom is -0.242 e. The Hall–Kier alpha value is 0.0500. The van der Waals surface area contributed by atoms with Gasteiger partial charge in [-0.1, -0.05) is 18.0 Å². The van der Waals surface area contributed by atoms with Crippen molar-refractivity contribution in [1.29, 1.82) is 0 Å². The molecule has 0 aliphatic carbocycles. The molecule has 0 aromatic heterocycles. The molecule has 1 heterocycles. The lowest BCUT2D eigenvalue weighted by Gasteiger charge is -1.99. The van der Waals surface area contributed by atoms with Crippen LogP contribution in [0.15, 0.2) is 11.5 Å². The highest BCUT2D eigenvalue weighted by atomic mass is 32.2. The van der Waals surface area contributed by atoms with Gasteiger partial charge < -0.3 is 0 Å². The summed E-state index contributed by atoms with van der Waals surface area (Å²) in [6.45, 7) is 0.991. The van der Waals surface area contributed by atoms with Gasteiger partial charge >= 0.3 is 0 Å². The van der Waals surface area contributed by atoms with Crippen LogP contribution in [0, 0.1) is 7.05 Å². The van der Waals surface area contributed by atoms with Crippen molar-refractivity contribution in [2.75, 3.05) is 6.54 Å². The van der Waals surface area contributed by atoms with Crippen LogP contribution in [0.2, 0.25) is 0 Å². The molecular weight excluding hydrogens is 94.1 g/mol. The van der Waals surface area contributed by atoms with Crippen molar-refractivity contribution in [2.45, 2.75) is 0 Å².